The van der Waals surface area contributed by atoms with Crippen LogP contribution in [0.2, 0.25) is 0 Å². The Morgan fingerprint density at radius 2 is 1.60 bits per heavy atom. The van der Waals surface area contributed by atoms with E-state index in [1.807, 2.05) is 0 Å². The van der Waals surface area contributed by atoms with Crippen LogP contribution in [0.1, 0.15) is 35.4 Å². The summed E-state index contributed by atoms with van der Waals surface area (Å²) in [4.78, 5) is 0. The summed E-state index contributed by atoms with van der Waals surface area (Å²) in [6.45, 7) is 6.84. The first-order chi connectivity index (χ1) is 6.79. The van der Waals surface area contributed by atoms with Gasteiger partial charge >= 0.3 is 0 Å². The van der Waals surface area contributed by atoms with Crippen molar-refractivity contribution in [3.63, 3.8) is 0 Å². The first kappa shape index (κ1) is 12.5. The Balaban J connectivity index is 0.00000112. The van der Waals surface area contributed by atoms with E-state index in [2.05, 4.69) is 37.4 Å². The first-order valence-electron chi connectivity index (χ1n) is 5.56. The van der Waals surface area contributed by atoms with Crippen molar-refractivity contribution in [1.29, 1.82) is 0 Å². The highest BCUT2D eigenvalue weighted by Crippen LogP contribution is 2.30. The monoisotopic (exact) mass is 225 g/mol. The second-order valence-corrected chi connectivity index (χ2v) is 4.33. The normalized spacial score (nSPS) is 17.2. The predicted molar refractivity (Wildman–Crippen MR) is 68.0 cm³/mol. The Hall–Kier alpha value is -0.530. The molecule has 0 radical (unpaired) electrons. The molecular weight excluding hydrogens is 206 g/mol. The smallest absolute Gasteiger partial charge is 0.00431 e. The third-order valence-corrected chi connectivity index (χ3v) is 3.29. The van der Waals surface area contributed by atoms with Crippen LogP contribution in [0, 0.1) is 13.8 Å². The Kier molecular flexibility index (Phi) is 4.62. The molecule has 0 amide bonds. The van der Waals surface area contributed by atoms with Gasteiger partial charge in [0.1, 0.15) is 0 Å². The summed E-state index contributed by atoms with van der Waals surface area (Å²) < 4.78 is 0. The molecule has 1 fully saturated rings. The molecule has 2 rings (SSSR count). The van der Waals surface area contributed by atoms with Crippen molar-refractivity contribution in [3.05, 3.63) is 34.9 Å². The van der Waals surface area contributed by atoms with Crippen LogP contribution >= 0.6 is 12.4 Å². The number of piperidine rings is 1. The van der Waals surface area contributed by atoms with Crippen molar-refractivity contribution in [2.45, 2.75) is 32.6 Å². The molecule has 1 N–H and O–H groups in total. The topological polar surface area (TPSA) is 12.0 Å². The van der Waals surface area contributed by atoms with Gasteiger partial charge in [-0.25, -0.2) is 0 Å². The summed E-state index contributed by atoms with van der Waals surface area (Å²) in [7, 11) is 0. The largest absolute Gasteiger partial charge is 0.317 e. The zero-order valence-electron chi connectivity index (χ0n) is 9.55. The van der Waals surface area contributed by atoms with E-state index in [0.717, 1.165) is 5.92 Å². The molecule has 0 bridgehead atoms. The maximum atomic E-state index is 3.42. The maximum absolute atomic E-state index is 3.42. The van der Waals surface area contributed by atoms with Crippen LogP contribution in [0.15, 0.2) is 18.2 Å². The van der Waals surface area contributed by atoms with Crippen molar-refractivity contribution in [2.24, 2.45) is 0 Å². The SMILES string of the molecule is Cc1cccc(C)c1C1CCNCC1.Cl. The molecule has 1 saturated heterocycles. The number of hydrogen-bond donors (Lipinski definition) is 1. The second kappa shape index (κ2) is 5.53. The number of hydrogen-bond acceptors (Lipinski definition) is 1. The van der Waals surface area contributed by atoms with Crippen molar-refractivity contribution in [3.8, 4) is 0 Å². The van der Waals surface area contributed by atoms with Gasteiger partial charge in [0.05, 0.1) is 0 Å². The molecule has 1 aliphatic heterocycles. The minimum absolute atomic E-state index is 0. The highest BCUT2D eigenvalue weighted by Gasteiger charge is 2.18. The van der Waals surface area contributed by atoms with E-state index >= 15 is 0 Å². The van der Waals surface area contributed by atoms with Gasteiger partial charge in [-0.15, -0.1) is 12.4 Å². The average Bonchev–Trinajstić information content (AvgIpc) is 2.19. The van der Waals surface area contributed by atoms with Gasteiger partial charge < -0.3 is 5.32 Å². The maximum Gasteiger partial charge on any atom is -0.00431 e. The fourth-order valence-corrected chi connectivity index (χ4v) is 2.58. The fraction of sp³-hybridized carbons (Fsp3) is 0.538. The molecule has 84 valence electrons. The highest BCUT2D eigenvalue weighted by atomic mass is 35.5. The van der Waals surface area contributed by atoms with Gasteiger partial charge in [-0.05, 0) is 62.4 Å². The highest BCUT2D eigenvalue weighted by molar-refractivity contribution is 5.85. The molecule has 2 heteroatoms. The van der Waals surface area contributed by atoms with Crippen molar-refractivity contribution in [1.82, 2.24) is 5.32 Å². The van der Waals surface area contributed by atoms with Crippen LogP contribution in [0.4, 0.5) is 0 Å². The summed E-state index contributed by atoms with van der Waals surface area (Å²) in [5.41, 5.74) is 4.54. The molecule has 0 spiro atoms. The first-order valence-corrected chi connectivity index (χ1v) is 5.56. The number of rotatable bonds is 1. The summed E-state index contributed by atoms with van der Waals surface area (Å²) in [5.74, 6) is 0.789. The Morgan fingerprint density at radius 1 is 1.07 bits per heavy atom. The third-order valence-electron chi connectivity index (χ3n) is 3.29. The number of halogens is 1. The van der Waals surface area contributed by atoms with Crippen LogP contribution in [0.3, 0.4) is 0 Å². The molecule has 0 aromatic heterocycles. The lowest BCUT2D eigenvalue weighted by Crippen LogP contribution is -2.27. The molecule has 15 heavy (non-hydrogen) atoms. The molecule has 1 aliphatic rings. The lowest BCUT2D eigenvalue weighted by Gasteiger charge is -2.26. The second-order valence-electron chi connectivity index (χ2n) is 4.33. The van der Waals surface area contributed by atoms with Gasteiger partial charge in [0, 0.05) is 0 Å². The lowest BCUT2D eigenvalue weighted by molar-refractivity contribution is 0.458. The van der Waals surface area contributed by atoms with E-state index in [1.165, 1.54) is 37.1 Å². The van der Waals surface area contributed by atoms with E-state index < -0.39 is 0 Å². The molecule has 1 aromatic rings. The number of benzene rings is 1. The number of nitrogens with one attached hydrogen (secondary N) is 1. The molecule has 1 aromatic carbocycles. The summed E-state index contributed by atoms with van der Waals surface area (Å²) in [6.07, 6.45) is 2.59. The van der Waals surface area contributed by atoms with Crippen molar-refractivity contribution in [2.75, 3.05) is 13.1 Å². The molecular formula is C13H20ClN. The van der Waals surface area contributed by atoms with E-state index in [-0.39, 0.29) is 12.4 Å². The van der Waals surface area contributed by atoms with Gasteiger partial charge in [-0.1, -0.05) is 18.2 Å². The molecule has 1 heterocycles. The summed E-state index contributed by atoms with van der Waals surface area (Å²) >= 11 is 0. The van der Waals surface area contributed by atoms with Crippen LogP contribution < -0.4 is 5.32 Å². The molecule has 0 aliphatic carbocycles. The molecule has 0 saturated carbocycles. The van der Waals surface area contributed by atoms with Gasteiger partial charge in [0.15, 0.2) is 0 Å². The van der Waals surface area contributed by atoms with Gasteiger partial charge in [0.2, 0.25) is 0 Å². The fourth-order valence-electron chi connectivity index (χ4n) is 2.58. The lowest BCUT2D eigenvalue weighted by atomic mass is 9.85. The Labute approximate surface area is 98.7 Å². The standard InChI is InChI=1S/C13H19N.ClH/c1-10-4-3-5-11(2)13(10)12-6-8-14-9-7-12;/h3-5,12,14H,6-9H2,1-2H3;1H. The molecule has 0 atom stereocenters. The van der Waals surface area contributed by atoms with Crippen LogP contribution in [-0.4, -0.2) is 13.1 Å². The Morgan fingerprint density at radius 3 is 2.13 bits per heavy atom. The van der Waals surface area contributed by atoms with E-state index in [0.29, 0.717) is 0 Å². The van der Waals surface area contributed by atoms with Gasteiger partial charge in [-0.2, -0.15) is 0 Å². The van der Waals surface area contributed by atoms with Gasteiger partial charge in [-0.3, -0.25) is 0 Å². The van der Waals surface area contributed by atoms with Crippen LogP contribution in [-0.2, 0) is 0 Å². The zero-order valence-corrected chi connectivity index (χ0v) is 10.4. The minimum Gasteiger partial charge on any atom is -0.317 e. The number of aryl methyl sites for hydroxylation is 2. The van der Waals surface area contributed by atoms with E-state index in [9.17, 15) is 0 Å². The minimum atomic E-state index is 0. The van der Waals surface area contributed by atoms with E-state index in [1.54, 1.807) is 5.56 Å². The summed E-state index contributed by atoms with van der Waals surface area (Å²) in [5, 5.41) is 3.42. The predicted octanol–water partition coefficient (Wildman–Crippen LogP) is 3.19. The Bertz CT molecular complexity index is 296. The van der Waals surface area contributed by atoms with Crippen molar-refractivity contribution >= 4 is 12.4 Å². The quantitative estimate of drug-likeness (QED) is 0.774. The van der Waals surface area contributed by atoms with E-state index in [4.69, 9.17) is 0 Å². The van der Waals surface area contributed by atoms with Crippen LogP contribution in [0.25, 0.3) is 0 Å². The third kappa shape index (κ3) is 2.73. The van der Waals surface area contributed by atoms with Gasteiger partial charge in [0.25, 0.3) is 0 Å². The van der Waals surface area contributed by atoms with Crippen molar-refractivity contribution < 1.29 is 0 Å². The summed E-state index contributed by atoms with van der Waals surface area (Å²) in [6, 6.07) is 6.64. The van der Waals surface area contributed by atoms with Crippen LogP contribution in [0.5, 0.6) is 0 Å². The molecule has 0 unspecified atom stereocenters. The molecule has 1 nitrogen and oxygen atoms in total. The average molecular weight is 226 g/mol. The zero-order chi connectivity index (χ0) is 9.97.